The highest BCUT2D eigenvalue weighted by atomic mass is 16.6. The molecule has 1 aromatic carbocycles. The van der Waals surface area contributed by atoms with E-state index in [1.165, 1.54) is 25.3 Å². The van der Waals surface area contributed by atoms with Crippen molar-refractivity contribution in [3.63, 3.8) is 0 Å². The Morgan fingerprint density at radius 3 is 2.84 bits per heavy atom. The van der Waals surface area contributed by atoms with Gasteiger partial charge in [0.15, 0.2) is 0 Å². The van der Waals surface area contributed by atoms with Crippen LogP contribution in [0, 0.1) is 10.1 Å². The molecule has 0 aliphatic carbocycles. The second-order valence-corrected chi connectivity index (χ2v) is 3.86. The number of nitro groups is 1. The Kier molecular flexibility index (Phi) is 3.61. The van der Waals surface area contributed by atoms with Crippen molar-refractivity contribution in [3.05, 3.63) is 63.6 Å². The van der Waals surface area contributed by atoms with E-state index in [4.69, 9.17) is 4.42 Å². The number of non-ortho nitro benzene ring substituents is 1. The third kappa shape index (κ3) is 2.98. The highest BCUT2D eigenvalue weighted by Gasteiger charge is 2.12. The second kappa shape index (κ2) is 5.34. The summed E-state index contributed by atoms with van der Waals surface area (Å²) in [5.41, 5.74) is 0.761. The summed E-state index contributed by atoms with van der Waals surface area (Å²) in [6, 6.07) is 9.42. The van der Waals surface area contributed by atoms with Gasteiger partial charge in [-0.3, -0.25) is 10.1 Å². The van der Waals surface area contributed by atoms with Crippen LogP contribution in [-0.4, -0.2) is 18.0 Å². The molecule has 6 nitrogen and oxygen atoms in total. The summed E-state index contributed by atoms with van der Waals surface area (Å²) >= 11 is 0. The lowest BCUT2D eigenvalue weighted by molar-refractivity contribution is -0.384. The van der Waals surface area contributed by atoms with Gasteiger partial charge in [0.1, 0.15) is 5.76 Å². The Bertz CT molecular complexity index is 617. The molecule has 0 aliphatic rings. The third-order valence-corrected chi connectivity index (χ3v) is 2.55. The Hall–Kier alpha value is -2.63. The zero-order valence-corrected chi connectivity index (χ0v) is 10.2. The summed E-state index contributed by atoms with van der Waals surface area (Å²) in [5.74, 6) is 0.106. The Morgan fingerprint density at radius 2 is 2.16 bits per heavy atom. The molecule has 6 heteroatoms. The summed E-state index contributed by atoms with van der Waals surface area (Å²) in [6.07, 6.45) is 0.374. The molecule has 0 N–H and O–H groups in total. The van der Waals surface area contributed by atoms with Crippen molar-refractivity contribution < 1.29 is 18.9 Å². The van der Waals surface area contributed by atoms with Crippen LogP contribution in [0.25, 0.3) is 0 Å². The molecule has 0 bridgehead atoms. The van der Waals surface area contributed by atoms with Crippen molar-refractivity contribution in [2.75, 3.05) is 7.11 Å². The quantitative estimate of drug-likeness (QED) is 0.480. The van der Waals surface area contributed by atoms with Crippen LogP contribution in [0.4, 0.5) is 5.69 Å². The van der Waals surface area contributed by atoms with E-state index in [1.54, 1.807) is 18.2 Å². The molecule has 19 heavy (non-hydrogen) atoms. The Balaban J connectivity index is 2.17. The number of benzene rings is 1. The van der Waals surface area contributed by atoms with Gasteiger partial charge in [0.25, 0.3) is 5.69 Å². The standard InChI is InChI=1S/C13H11NO5/c1-18-13(15)12-6-5-11(19-12)8-9-3-2-4-10(7-9)14(16)17/h2-7H,8H2,1H3. The molecule has 2 aromatic rings. The van der Waals surface area contributed by atoms with E-state index in [0.29, 0.717) is 12.2 Å². The molecule has 1 heterocycles. The molecule has 0 unspecified atom stereocenters. The molecule has 0 aliphatic heterocycles. The SMILES string of the molecule is COC(=O)c1ccc(Cc2cccc([N+](=O)[O-])c2)o1. The van der Waals surface area contributed by atoms with E-state index >= 15 is 0 Å². The smallest absolute Gasteiger partial charge is 0.373 e. The van der Waals surface area contributed by atoms with E-state index < -0.39 is 10.9 Å². The molecule has 0 spiro atoms. The fourth-order valence-electron chi connectivity index (χ4n) is 1.66. The maximum atomic E-state index is 11.2. The van der Waals surface area contributed by atoms with Gasteiger partial charge < -0.3 is 9.15 Å². The number of esters is 1. The summed E-state index contributed by atoms with van der Waals surface area (Å²) in [4.78, 5) is 21.4. The number of methoxy groups -OCH3 is 1. The maximum Gasteiger partial charge on any atom is 0.373 e. The fraction of sp³-hybridized carbons (Fsp3) is 0.154. The summed E-state index contributed by atoms with van der Waals surface area (Å²) in [7, 11) is 1.27. The van der Waals surface area contributed by atoms with Crippen molar-refractivity contribution >= 4 is 11.7 Å². The van der Waals surface area contributed by atoms with E-state index in [9.17, 15) is 14.9 Å². The molecular weight excluding hydrogens is 250 g/mol. The number of nitrogens with zero attached hydrogens (tertiary/aromatic N) is 1. The van der Waals surface area contributed by atoms with E-state index in [-0.39, 0.29) is 11.4 Å². The fourth-order valence-corrected chi connectivity index (χ4v) is 1.66. The number of rotatable bonds is 4. The molecule has 1 aromatic heterocycles. The van der Waals surface area contributed by atoms with Gasteiger partial charge in [-0.2, -0.15) is 0 Å². The molecule has 2 rings (SSSR count). The van der Waals surface area contributed by atoms with Gasteiger partial charge in [-0.15, -0.1) is 0 Å². The van der Waals surface area contributed by atoms with Gasteiger partial charge in [0, 0.05) is 18.6 Å². The molecule has 0 saturated carbocycles. The van der Waals surface area contributed by atoms with Gasteiger partial charge in [-0.05, 0) is 17.7 Å². The van der Waals surface area contributed by atoms with Crippen molar-refractivity contribution in [1.82, 2.24) is 0 Å². The van der Waals surface area contributed by atoms with Gasteiger partial charge in [0.05, 0.1) is 12.0 Å². The van der Waals surface area contributed by atoms with Crippen LogP contribution in [0.5, 0.6) is 0 Å². The Morgan fingerprint density at radius 1 is 1.37 bits per heavy atom. The van der Waals surface area contributed by atoms with Crippen molar-refractivity contribution in [2.24, 2.45) is 0 Å². The summed E-state index contributed by atoms with van der Waals surface area (Å²) in [5, 5.41) is 10.7. The van der Waals surface area contributed by atoms with Crippen LogP contribution >= 0.6 is 0 Å². The number of furan rings is 1. The van der Waals surface area contributed by atoms with Crippen LogP contribution in [0.2, 0.25) is 0 Å². The first-order valence-electron chi connectivity index (χ1n) is 5.50. The first-order valence-corrected chi connectivity index (χ1v) is 5.50. The Labute approximate surface area is 108 Å². The average molecular weight is 261 g/mol. The molecule has 0 saturated heterocycles. The first-order chi connectivity index (χ1) is 9.10. The topological polar surface area (TPSA) is 82.6 Å². The molecule has 0 radical (unpaired) electrons. The number of nitro benzene ring substituents is 1. The zero-order chi connectivity index (χ0) is 13.8. The second-order valence-electron chi connectivity index (χ2n) is 3.86. The van der Waals surface area contributed by atoms with Crippen molar-refractivity contribution in [3.8, 4) is 0 Å². The summed E-state index contributed by atoms with van der Waals surface area (Å²) < 4.78 is 9.82. The minimum Gasteiger partial charge on any atom is -0.463 e. The normalized spacial score (nSPS) is 10.2. The van der Waals surface area contributed by atoms with E-state index in [2.05, 4.69) is 4.74 Å². The van der Waals surface area contributed by atoms with Crippen molar-refractivity contribution in [1.29, 1.82) is 0 Å². The number of ether oxygens (including phenoxy) is 1. The minimum atomic E-state index is -0.551. The van der Waals surface area contributed by atoms with Crippen LogP contribution < -0.4 is 0 Å². The molecule has 0 atom stereocenters. The first kappa shape index (κ1) is 12.8. The van der Waals surface area contributed by atoms with E-state index in [0.717, 1.165) is 5.56 Å². The highest BCUT2D eigenvalue weighted by Crippen LogP contribution is 2.18. The zero-order valence-electron chi connectivity index (χ0n) is 10.2. The number of hydrogen-bond donors (Lipinski definition) is 0. The maximum absolute atomic E-state index is 11.2. The van der Waals surface area contributed by atoms with Crippen molar-refractivity contribution in [2.45, 2.75) is 6.42 Å². The predicted octanol–water partition coefficient (Wildman–Crippen LogP) is 2.57. The molecule has 0 fully saturated rings. The highest BCUT2D eigenvalue weighted by molar-refractivity contribution is 5.86. The lowest BCUT2D eigenvalue weighted by Gasteiger charge is -1.99. The minimum absolute atomic E-state index is 0.0252. The molecular formula is C13H11NO5. The van der Waals surface area contributed by atoms with Crippen LogP contribution in [-0.2, 0) is 11.2 Å². The average Bonchev–Trinajstić information content (AvgIpc) is 2.86. The lowest BCUT2D eigenvalue weighted by atomic mass is 10.1. The summed E-state index contributed by atoms with van der Waals surface area (Å²) in [6.45, 7) is 0. The predicted molar refractivity (Wildman–Crippen MR) is 65.9 cm³/mol. The third-order valence-electron chi connectivity index (χ3n) is 2.55. The van der Waals surface area contributed by atoms with Gasteiger partial charge in [0.2, 0.25) is 5.76 Å². The lowest BCUT2D eigenvalue weighted by Crippen LogP contribution is -1.98. The van der Waals surface area contributed by atoms with Crippen LogP contribution in [0.3, 0.4) is 0 Å². The molecule has 98 valence electrons. The van der Waals surface area contributed by atoms with Gasteiger partial charge in [-0.25, -0.2) is 4.79 Å². The molecule has 0 amide bonds. The van der Waals surface area contributed by atoms with Crippen LogP contribution in [0.15, 0.2) is 40.8 Å². The van der Waals surface area contributed by atoms with Gasteiger partial charge in [-0.1, -0.05) is 12.1 Å². The number of hydrogen-bond acceptors (Lipinski definition) is 5. The van der Waals surface area contributed by atoms with Gasteiger partial charge >= 0.3 is 5.97 Å². The number of carbonyl (C=O) groups excluding carboxylic acids is 1. The number of carbonyl (C=O) groups is 1. The van der Waals surface area contributed by atoms with E-state index in [1.807, 2.05) is 0 Å². The largest absolute Gasteiger partial charge is 0.463 e. The van der Waals surface area contributed by atoms with Crippen LogP contribution in [0.1, 0.15) is 21.9 Å². The monoisotopic (exact) mass is 261 g/mol.